The van der Waals surface area contributed by atoms with Gasteiger partial charge < -0.3 is 19.3 Å². The summed E-state index contributed by atoms with van der Waals surface area (Å²) in [6.45, 7) is 4.26. The molecule has 452 valence electrons. The number of thiophene rings is 1. The molecule has 0 atom stereocenters. The van der Waals surface area contributed by atoms with Crippen molar-refractivity contribution in [1.82, 2.24) is 9.55 Å². The molecule has 17 aromatic rings. The number of fused-ring (bicyclic) bond motifs is 12. The van der Waals surface area contributed by atoms with Gasteiger partial charge in [-0.25, -0.2) is 0 Å². The molecule has 0 spiro atoms. The van der Waals surface area contributed by atoms with Gasteiger partial charge in [0.2, 0.25) is 0 Å². The molecule has 0 unspecified atom stereocenters. The minimum atomic E-state index is -0.608. The van der Waals surface area contributed by atoms with Crippen molar-refractivity contribution < 1.29 is 0 Å². The van der Waals surface area contributed by atoms with E-state index in [1.807, 2.05) is 29.8 Å². The van der Waals surface area contributed by atoms with Crippen LogP contribution in [0, 0.1) is 0 Å². The lowest BCUT2D eigenvalue weighted by Crippen LogP contribution is -2.29. The second-order valence-electron chi connectivity index (χ2n) is 25.4. The summed E-state index contributed by atoms with van der Waals surface area (Å²) in [6.07, 6.45) is 10.3. The highest BCUT2D eigenvalue weighted by molar-refractivity contribution is 7.26. The largest absolute Gasteiger partial charge is 0.316 e. The Labute approximate surface area is 561 Å². The van der Waals surface area contributed by atoms with Crippen molar-refractivity contribution in [1.29, 1.82) is 0 Å². The van der Waals surface area contributed by atoms with Crippen LogP contribution in [0.4, 0.5) is 51.2 Å². The van der Waals surface area contributed by atoms with Crippen LogP contribution in [0.15, 0.2) is 335 Å². The molecule has 6 heteroatoms. The first-order chi connectivity index (χ1) is 47.5. The number of aryl methyl sites for hydroxylation is 2. The summed E-state index contributed by atoms with van der Waals surface area (Å²) in [7, 11) is 0. The molecule has 0 bridgehead atoms. The van der Waals surface area contributed by atoms with Gasteiger partial charge >= 0.3 is 0 Å². The summed E-state index contributed by atoms with van der Waals surface area (Å²) in [4.78, 5) is 12.2. The standard InChI is InChI=1S/C90H61N5S/c1-2-59-36-44-76-77-45-41-73(55-82(77)90(81(76)50-59,65-23-6-3-7-24-65)66-25-8-4-9-26-66)95(71-40-39-60-37-38-62(60)51-71)85-56-88-89(79-34-17-16-33-78(79)85)80-54-72(43-47-87(80)96-88)93(70-42-46-83-63(52-70)48-49-92(83)84-35-18-22-61-20-12-14-31-74(61)84)68-29-19-30-69(53-68)94(67-27-10-5-11-28-67)86-58-91-57-64-21-13-15-32-75(64)86/h2-36,39-58H,1,37-38H2. The summed E-state index contributed by atoms with van der Waals surface area (Å²) >= 11 is 1.87. The molecule has 0 saturated heterocycles. The molecule has 0 radical (unpaired) electrons. The monoisotopic (exact) mass is 1240 g/mol. The quantitative estimate of drug-likeness (QED) is 0.115. The Kier molecular flexibility index (Phi) is 12.9. The Morgan fingerprint density at radius 1 is 0.375 bits per heavy atom. The van der Waals surface area contributed by atoms with Crippen molar-refractivity contribution in [2.75, 3.05) is 14.7 Å². The predicted molar refractivity (Wildman–Crippen MR) is 405 cm³/mol. The zero-order valence-electron chi connectivity index (χ0n) is 52.5. The highest BCUT2D eigenvalue weighted by Gasteiger charge is 2.47. The van der Waals surface area contributed by atoms with Crippen LogP contribution >= 0.6 is 11.3 Å². The molecular weight excluding hydrogens is 1180 g/mol. The van der Waals surface area contributed by atoms with E-state index in [-0.39, 0.29) is 0 Å². The van der Waals surface area contributed by atoms with Crippen molar-refractivity contribution >= 4 is 132 Å². The van der Waals surface area contributed by atoms with E-state index in [0.29, 0.717) is 0 Å². The van der Waals surface area contributed by atoms with E-state index < -0.39 is 5.41 Å². The molecule has 19 rings (SSSR count). The third-order valence-electron chi connectivity index (χ3n) is 20.3. The van der Waals surface area contributed by atoms with E-state index in [1.165, 1.54) is 86.2 Å². The SMILES string of the molecule is C=Cc1ccc2c(c1)C(c1ccccc1)(c1ccccc1)c1cc(N(c3ccc4c(c3)CC4)c3cc4sc5ccc(N(c6cccc(N(c7ccccc7)c7cncc8ccccc78)c6)c6ccc7c(ccn7-c7cccc8ccccc78)c6)cc5c4c4ccccc34)ccc1-2. The number of aromatic nitrogens is 2. The van der Waals surface area contributed by atoms with Crippen molar-refractivity contribution in [2.24, 2.45) is 0 Å². The maximum absolute atomic E-state index is 4.82. The second kappa shape index (κ2) is 22.3. The van der Waals surface area contributed by atoms with Gasteiger partial charge in [-0.2, -0.15) is 0 Å². The molecule has 2 aliphatic carbocycles. The number of hydrogen-bond donors (Lipinski definition) is 0. The van der Waals surface area contributed by atoms with Crippen LogP contribution in [0.3, 0.4) is 0 Å². The fourth-order valence-electron chi connectivity index (χ4n) is 15.8. The fourth-order valence-corrected chi connectivity index (χ4v) is 17.0. The Bertz CT molecular complexity index is 5920. The number of rotatable bonds is 13. The van der Waals surface area contributed by atoms with Gasteiger partial charge in [-0.1, -0.05) is 207 Å². The van der Waals surface area contributed by atoms with Crippen molar-refractivity contribution in [3.63, 3.8) is 0 Å². The fraction of sp³-hybridized carbons (Fsp3) is 0.0333. The highest BCUT2D eigenvalue weighted by atomic mass is 32.1. The van der Waals surface area contributed by atoms with Gasteiger partial charge in [0.1, 0.15) is 0 Å². The molecular formula is C90H61N5S. The molecule has 14 aromatic carbocycles. The van der Waals surface area contributed by atoms with Crippen molar-refractivity contribution in [3.05, 3.63) is 373 Å². The van der Waals surface area contributed by atoms with Crippen LogP contribution in [-0.4, -0.2) is 9.55 Å². The summed E-state index contributed by atoms with van der Waals surface area (Å²) in [5.41, 5.74) is 22.7. The molecule has 0 saturated carbocycles. The Hall–Kier alpha value is -12.1. The smallest absolute Gasteiger partial charge is 0.0723 e. The number of para-hydroxylation sites is 1. The van der Waals surface area contributed by atoms with Crippen LogP contribution in [0.5, 0.6) is 0 Å². The predicted octanol–water partition coefficient (Wildman–Crippen LogP) is 24.4. The molecule has 0 aliphatic heterocycles. The minimum Gasteiger partial charge on any atom is -0.316 e. The van der Waals surface area contributed by atoms with Gasteiger partial charge in [-0.3, -0.25) is 4.98 Å². The zero-order chi connectivity index (χ0) is 63.4. The maximum atomic E-state index is 4.82. The van der Waals surface area contributed by atoms with Crippen LogP contribution < -0.4 is 14.7 Å². The molecule has 2 aliphatic rings. The lowest BCUT2D eigenvalue weighted by molar-refractivity contribution is 0.768. The van der Waals surface area contributed by atoms with Crippen LogP contribution in [-0.2, 0) is 18.3 Å². The Morgan fingerprint density at radius 3 is 1.73 bits per heavy atom. The Balaban J connectivity index is 0.807. The molecule has 0 amide bonds. The van der Waals surface area contributed by atoms with Gasteiger partial charge in [0.25, 0.3) is 0 Å². The van der Waals surface area contributed by atoms with E-state index in [9.17, 15) is 0 Å². The lowest BCUT2D eigenvalue weighted by Gasteiger charge is -2.35. The number of nitrogens with zero attached hydrogens (tertiary/aromatic N) is 5. The van der Waals surface area contributed by atoms with Crippen molar-refractivity contribution in [2.45, 2.75) is 18.3 Å². The van der Waals surface area contributed by atoms with E-state index in [4.69, 9.17) is 4.98 Å². The van der Waals surface area contributed by atoms with E-state index in [1.54, 1.807) is 0 Å². The zero-order valence-corrected chi connectivity index (χ0v) is 53.3. The normalized spacial score (nSPS) is 12.8. The first-order valence-electron chi connectivity index (χ1n) is 33.0. The van der Waals surface area contributed by atoms with Gasteiger partial charge in [0, 0.05) is 99.3 Å². The molecule has 96 heavy (non-hydrogen) atoms. The summed E-state index contributed by atoms with van der Waals surface area (Å²) in [5.74, 6) is 0. The van der Waals surface area contributed by atoms with Gasteiger partial charge in [0.15, 0.2) is 0 Å². The summed E-state index contributed by atoms with van der Waals surface area (Å²) in [6, 6.07) is 115. The third-order valence-corrected chi connectivity index (χ3v) is 21.4. The van der Waals surface area contributed by atoms with E-state index in [0.717, 1.165) is 97.0 Å². The van der Waals surface area contributed by atoms with Crippen molar-refractivity contribution in [3.8, 4) is 16.8 Å². The molecule has 3 heterocycles. The molecule has 5 nitrogen and oxygen atoms in total. The van der Waals surface area contributed by atoms with Gasteiger partial charge in [-0.15, -0.1) is 11.3 Å². The molecule has 0 N–H and O–H groups in total. The van der Waals surface area contributed by atoms with Crippen LogP contribution in [0.2, 0.25) is 0 Å². The van der Waals surface area contributed by atoms with Gasteiger partial charge in [-0.05, 0) is 189 Å². The number of pyridine rings is 1. The molecule has 0 fully saturated rings. The lowest BCUT2D eigenvalue weighted by atomic mass is 9.67. The summed E-state index contributed by atoms with van der Waals surface area (Å²) < 4.78 is 4.79. The average Bonchev–Trinajstić information content (AvgIpc) is 1.51. The second-order valence-corrected chi connectivity index (χ2v) is 26.5. The average molecular weight is 1240 g/mol. The van der Waals surface area contributed by atoms with Gasteiger partial charge in [0.05, 0.1) is 34.2 Å². The minimum absolute atomic E-state index is 0.608. The first kappa shape index (κ1) is 55.5. The number of anilines is 9. The first-order valence-corrected chi connectivity index (χ1v) is 33.9. The highest BCUT2D eigenvalue weighted by Crippen LogP contribution is 2.59. The van der Waals surface area contributed by atoms with Crippen LogP contribution in [0.1, 0.15) is 38.9 Å². The van der Waals surface area contributed by atoms with Crippen LogP contribution in [0.25, 0.3) is 86.3 Å². The van der Waals surface area contributed by atoms with E-state index >= 15 is 0 Å². The topological polar surface area (TPSA) is 27.5 Å². The maximum Gasteiger partial charge on any atom is 0.0723 e. The van der Waals surface area contributed by atoms with E-state index in [2.05, 4.69) is 341 Å². The third kappa shape index (κ3) is 8.72. The molecule has 3 aromatic heterocycles. The number of hydrogen-bond acceptors (Lipinski definition) is 5. The Morgan fingerprint density at radius 2 is 0.958 bits per heavy atom. The number of benzene rings is 14. The summed E-state index contributed by atoms with van der Waals surface area (Å²) in [5, 5.41) is 10.6.